The largest absolute Gasteiger partial charge is 0.456 e. The van der Waals surface area contributed by atoms with Gasteiger partial charge in [-0.2, -0.15) is 0 Å². The number of aromatic nitrogens is 3. The van der Waals surface area contributed by atoms with E-state index in [-0.39, 0.29) is 5.54 Å². The van der Waals surface area contributed by atoms with Gasteiger partial charge in [-0.3, -0.25) is 4.40 Å². The third-order valence-corrected chi connectivity index (χ3v) is 6.58. The Balaban J connectivity index is 1.48. The van der Waals surface area contributed by atoms with Crippen molar-refractivity contribution in [3.63, 3.8) is 0 Å². The molecule has 160 valence electrons. The van der Waals surface area contributed by atoms with E-state index >= 15 is 0 Å². The monoisotopic (exact) mass is 429 g/mol. The van der Waals surface area contributed by atoms with E-state index in [0.29, 0.717) is 0 Å². The van der Waals surface area contributed by atoms with E-state index in [0.717, 1.165) is 49.9 Å². The van der Waals surface area contributed by atoms with Crippen molar-refractivity contribution in [3.8, 4) is 11.1 Å². The Kier molecular flexibility index (Phi) is 3.51. The summed E-state index contributed by atoms with van der Waals surface area (Å²) in [5.74, 6) is 0.979. The molecule has 7 aromatic rings. The van der Waals surface area contributed by atoms with Crippen LogP contribution in [-0.2, 0) is 5.54 Å². The molecule has 0 saturated heterocycles. The minimum Gasteiger partial charge on any atom is -0.456 e. The molecule has 4 heteroatoms. The number of hydrogen-bond acceptors (Lipinski definition) is 2. The number of hydrogen-bond donors (Lipinski definition) is 0. The first-order chi connectivity index (χ1) is 16.0. The maximum absolute atomic E-state index is 6.01. The van der Waals surface area contributed by atoms with Gasteiger partial charge < -0.3 is 8.98 Å². The fraction of sp³-hybridized carbons (Fsp3) is 0.138. The highest BCUT2D eigenvalue weighted by molar-refractivity contribution is 6.06. The standard InChI is InChI=1S/C29H23N3O/c1-29(2,3)32-25-10-6-5-9-24(25)31-23-14-12-19(17-22(23)30-28(31)32)18-13-15-27-21(16-18)20-8-4-7-11-26(20)33-27/h4-17H,1-3H3. The molecule has 0 bridgehead atoms. The number of nitrogens with zero attached hydrogens (tertiary/aromatic N) is 3. The quantitative estimate of drug-likeness (QED) is 0.267. The number of benzene rings is 4. The lowest BCUT2D eigenvalue weighted by Crippen LogP contribution is -2.21. The molecule has 3 aromatic heterocycles. The predicted molar refractivity (Wildman–Crippen MR) is 136 cm³/mol. The second kappa shape index (κ2) is 6.26. The molecule has 3 heterocycles. The van der Waals surface area contributed by atoms with Crippen molar-refractivity contribution >= 4 is 49.8 Å². The molecule has 33 heavy (non-hydrogen) atoms. The van der Waals surface area contributed by atoms with Crippen LogP contribution in [0.2, 0.25) is 0 Å². The summed E-state index contributed by atoms with van der Waals surface area (Å²) >= 11 is 0. The first-order valence-electron chi connectivity index (χ1n) is 11.3. The summed E-state index contributed by atoms with van der Waals surface area (Å²) in [5, 5.41) is 2.29. The van der Waals surface area contributed by atoms with Gasteiger partial charge in [0.25, 0.3) is 0 Å². The molecule has 0 radical (unpaired) electrons. The molecule has 0 aliphatic rings. The van der Waals surface area contributed by atoms with Gasteiger partial charge in [0.05, 0.1) is 22.1 Å². The Labute approximate surface area is 190 Å². The van der Waals surface area contributed by atoms with Crippen molar-refractivity contribution in [3.05, 3.63) is 84.9 Å². The van der Waals surface area contributed by atoms with E-state index in [1.165, 1.54) is 11.0 Å². The van der Waals surface area contributed by atoms with E-state index in [4.69, 9.17) is 9.40 Å². The number of para-hydroxylation sites is 3. The van der Waals surface area contributed by atoms with Crippen molar-refractivity contribution in [2.45, 2.75) is 26.3 Å². The van der Waals surface area contributed by atoms with E-state index in [1.807, 2.05) is 12.1 Å². The zero-order valence-corrected chi connectivity index (χ0v) is 18.8. The molecule has 0 saturated carbocycles. The van der Waals surface area contributed by atoms with Crippen molar-refractivity contribution in [1.82, 2.24) is 14.0 Å². The van der Waals surface area contributed by atoms with Crippen LogP contribution in [0, 0.1) is 0 Å². The Hall–Kier alpha value is -4.05. The minimum atomic E-state index is -0.0814. The number of fused-ring (bicyclic) bond motifs is 8. The minimum absolute atomic E-state index is 0.0814. The molecule has 7 rings (SSSR count). The summed E-state index contributed by atoms with van der Waals surface area (Å²) in [6.45, 7) is 6.69. The molecule has 0 spiro atoms. The molecule has 0 aliphatic heterocycles. The summed E-state index contributed by atoms with van der Waals surface area (Å²) in [7, 11) is 0. The summed E-state index contributed by atoms with van der Waals surface area (Å²) in [6, 6.07) is 29.8. The number of imidazole rings is 2. The SMILES string of the molecule is CC(C)(C)n1c2ccccc2n2c3ccc(-c4ccc5oc6ccccc6c5c4)cc3nc12. The lowest BCUT2D eigenvalue weighted by atomic mass is 10.0. The van der Waals surface area contributed by atoms with Gasteiger partial charge >= 0.3 is 0 Å². The maximum Gasteiger partial charge on any atom is 0.216 e. The van der Waals surface area contributed by atoms with Crippen LogP contribution in [0.15, 0.2) is 89.3 Å². The van der Waals surface area contributed by atoms with E-state index in [9.17, 15) is 0 Å². The average Bonchev–Trinajstić information content (AvgIpc) is 3.45. The molecule has 0 amide bonds. The van der Waals surface area contributed by atoms with Crippen LogP contribution in [0.4, 0.5) is 0 Å². The maximum atomic E-state index is 6.01. The Morgan fingerprint density at radius 3 is 2.21 bits per heavy atom. The molecule has 0 atom stereocenters. The molecule has 0 unspecified atom stereocenters. The van der Waals surface area contributed by atoms with Crippen LogP contribution in [0.25, 0.3) is 60.9 Å². The lowest BCUT2D eigenvalue weighted by molar-refractivity contribution is 0.419. The Bertz CT molecular complexity index is 1860. The summed E-state index contributed by atoms with van der Waals surface area (Å²) in [5.41, 5.74) is 8.60. The summed E-state index contributed by atoms with van der Waals surface area (Å²) < 4.78 is 10.6. The summed E-state index contributed by atoms with van der Waals surface area (Å²) in [4.78, 5) is 5.11. The highest BCUT2D eigenvalue weighted by atomic mass is 16.3. The van der Waals surface area contributed by atoms with Gasteiger partial charge in [0, 0.05) is 16.3 Å². The third kappa shape index (κ3) is 2.55. The normalized spacial score (nSPS) is 12.7. The van der Waals surface area contributed by atoms with Crippen LogP contribution in [0.3, 0.4) is 0 Å². The molecular formula is C29H23N3O. The molecule has 0 N–H and O–H groups in total. The van der Waals surface area contributed by atoms with Crippen LogP contribution in [0.5, 0.6) is 0 Å². The fourth-order valence-electron chi connectivity index (χ4n) is 5.15. The summed E-state index contributed by atoms with van der Waals surface area (Å²) in [6.07, 6.45) is 0. The van der Waals surface area contributed by atoms with Crippen LogP contribution in [0.1, 0.15) is 20.8 Å². The zero-order chi connectivity index (χ0) is 22.3. The Morgan fingerprint density at radius 2 is 1.36 bits per heavy atom. The van der Waals surface area contributed by atoms with Crippen LogP contribution in [-0.4, -0.2) is 14.0 Å². The molecule has 0 fully saturated rings. The Morgan fingerprint density at radius 1 is 0.667 bits per heavy atom. The number of furan rings is 1. The highest BCUT2D eigenvalue weighted by Crippen LogP contribution is 2.35. The van der Waals surface area contributed by atoms with Gasteiger partial charge in [-0.05, 0) is 74.4 Å². The van der Waals surface area contributed by atoms with Crippen molar-refractivity contribution in [1.29, 1.82) is 0 Å². The van der Waals surface area contributed by atoms with Gasteiger partial charge in [-0.25, -0.2) is 4.98 Å². The van der Waals surface area contributed by atoms with Crippen LogP contribution >= 0.6 is 0 Å². The van der Waals surface area contributed by atoms with Gasteiger partial charge in [-0.1, -0.05) is 42.5 Å². The average molecular weight is 430 g/mol. The first-order valence-corrected chi connectivity index (χ1v) is 11.3. The third-order valence-electron chi connectivity index (χ3n) is 6.58. The van der Waals surface area contributed by atoms with E-state index in [1.54, 1.807) is 0 Å². The van der Waals surface area contributed by atoms with Gasteiger partial charge in [0.15, 0.2) is 0 Å². The zero-order valence-electron chi connectivity index (χ0n) is 18.8. The molecule has 4 aromatic carbocycles. The van der Waals surface area contributed by atoms with Crippen molar-refractivity contribution in [2.24, 2.45) is 0 Å². The topological polar surface area (TPSA) is 35.4 Å². The number of rotatable bonds is 1. The molecule has 0 aliphatic carbocycles. The highest BCUT2D eigenvalue weighted by Gasteiger charge is 2.23. The van der Waals surface area contributed by atoms with E-state index in [2.05, 4.69) is 103 Å². The van der Waals surface area contributed by atoms with Crippen molar-refractivity contribution in [2.75, 3.05) is 0 Å². The van der Waals surface area contributed by atoms with Gasteiger partial charge in [0.2, 0.25) is 5.78 Å². The van der Waals surface area contributed by atoms with Gasteiger partial charge in [-0.15, -0.1) is 0 Å². The van der Waals surface area contributed by atoms with Gasteiger partial charge in [0.1, 0.15) is 11.2 Å². The fourth-order valence-corrected chi connectivity index (χ4v) is 5.15. The molecule has 4 nitrogen and oxygen atoms in total. The second-order valence-electron chi connectivity index (χ2n) is 9.75. The first kappa shape index (κ1) is 18.5. The van der Waals surface area contributed by atoms with E-state index < -0.39 is 0 Å². The predicted octanol–water partition coefficient (Wildman–Crippen LogP) is 7.76. The lowest BCUT2D eigenvalue weighted by Gasteiger charge is -2.22. The molecular weight excluding hydrogens is 406 g/mol. The van der Waals surface area contributed by atoms with Crippen molar-refractivity contribution < 1.29 is 4.42 Å². The van der Waals surface area contributed by atoms with Crippen LogP contribution < -0.4 is 0 Å². The second-order valence-corrected chi connectivity index (χ2v) is 9.75. The smallest absolute Gasteiger partial charge is 0.216 e.